The van der Waals surface area contributed by atoms with Crippen LogP contribution in [0.1, 0.15) is 57.7 Å². The Morgan fingerprint density at radius 2 is 1.90 bits per heavy atom. The van der Waals surface area contributed by atoms with Crippen LogP contribution in [-0.2, 0) is 20.7 Å². The summed E-state index contributed by atoms with van der Waals surface area (Å²) in [5, 5.41) is 6.05. The van der Waals surface area contributed by atoms with Gasteiger partial charge in [0.1, 0.15) is 11.6 Å². The number of anilines is 1. The van der Waals surface area contributed by atoms with Gasteiger partial charge in [-0.1, -0.05) is 47.7 Å². The molecule has 0 spiro atoms. The molecule has 0 radical (unpaired) electrons. The predicted octanol–water partition coefficient (Wildman–Crippen LogP) is 5.01. The lowest BCUT2D eigenvalue weighted by molar-refractivity contribution is -0.134. The zero-order chi connectivity index (χ0) is 28.0. The number of amides is 3. The number of aromatic nitrogens is 2. The molecular weight excluding hydrogens is 514 g/mol. The van der Waals surface area contributed by atoms with Gasteiger partial charge in [-0.3, -0.25) is 14.6 Å². The fraction of sp³-hybridized carbons (Fsp3) is 0.414. The van der Waals surface area contributed by atoms with Crippen molar-refractivity contribution in [2.75, 3.05) is 18.4 Å². The van der Waals surface area contributed by atoms with Crippen molar-refractivity contribution >= 4 is 34.4 Å². The molecule has 2 N–H and O–H groups in total. The Bertz CT molecular complexity index is 1300. The van der Waals surface area contributed by atoms with Gasteiger partial charge in [0.2, 0.25) is 11.8 Å². The van der Waals surface area contributed by atoms with Crippen molar-refractivity contribution < 1.29 is 19.1 Å². The largest absolute Gasteiger partial charge is 0.444 e. The lowest BCUT2D eigenvalue weighted by atomic mass is 9.93. The lowest BCUT2D eigenvalue weighted by Gasteiger charge is -2.35. The van der Waals surface area contributed by atoms with Crippen molar-refractivity contribution in [2.45, 2.75) is 64.5 Å². The number of carbonyl (C=O) groups excluding carboxylic acids is 3. The molecule has 2 aromatic heterocycles. The first-order chi connectivity index (χ1) is 18.6. The van der Waals surface area contributed by atoms with Gasteiger partial charge in [0.15, 0.2) is 5.13 Å². The average Bonchev–Trinajstić information content (AvgIpc) is 3.35. The molecule has 0 aliphatic carbocycles. The standard InChI is InChI=1S/C29H35N5O4S/c1-19(35)31-27-30-17-25(39-27)23-14-8-13-22(32-23)21-12-9-15-34(18-21)26(36)24(16-20-10-6-5-7-11-20)33-28(37)38-29(2,3)4/h5-8,10-11,13-14,17,21,24H,9,12,15-16,18H2,1-4H3,(H,33,37)(H,30,31,35)/t21-,24+/m0/s1. The van der Waals surface area contributed by atoms with Crippen LogP contribution >= 0.6 is 11.3 Å². The molecule has 10 heteroatoms. The third kappa shape index (κ3) is 8.10. The van der Waals surface area contributed by atoms with E-state index in [1.54, 1.807) is 27.0 Å². The molecule has 1 aromatic carbocycles. The fourth-order valence-electron chi connectivity index (χ4n) is 4.56. The monoisotopic (exact) mass is 549 g/mol. The van der Waals surface area contributed by atoms with E-state index >= 15 is 0 Å². The highest BCUT2D eigenvalue weighted by molar-refractivity contribution is 7.19. The predicted molar refractivity (Wildman–Crippen MR) is 152 cm³/mol. The van der Waals surface area contributed by atoms with E-state index in [4.69, 9.17) is 9.72 Å². The Morgan fingerprint density at radius 3 is 2.62 bits per heavy atom. The number of pyridine rings is 1. The SMILES string of the molecule is CC(=O)Nc1ncc(-c2cccc([C@H]3CCCN(C(=O)[C@@H](Cc4ccccc4)NC(=O)OC(C)(C)C)C3)n2)s1. The number of alkyl carbamates (subject to hydrolysis) is 1. The van der Waals surface area contributed by atoms with Crippen LogP contribution in [0.5, 0.6) is 0 Å². The first-order valence-corrected chi connectivity index (χ1v) is 13.9. The number of nitrogens with zero attached hydrogens (tertiary/aromatic N) is 3. The van der Waals surface area contributed by atoms with Gasteiger partial charge in [-0.2, -0.15) is 0 Å². The molecule has 3 aromatic rings. The molecule has 206 valence electrons. The molecule has 1 aliphatic rings. The second kappa shape index (κ2) is 12.4. The van der Waals surface area contributed by atoms with Crippen molar-refractivity contribution in [3.63, 3.8) is 0 Å². The number of piperidine rings is 1. The van der Waals surface area contributed by atoms with Gasteiger partial charge in [-0.25, -0.2) is 9.78 Å². The Labute approximate surface area is 233 Å². The highest BCUT2D eigenvalue weighted by atomic mass is 32.1. The van der Waals surface area contributed by atoms with Gasteiger partial charge in [0.05, 0.1) is 10.6 Å². The van der Waals surface area contributed by atoms with Crippen LogP contribution < -0.4 is 10.6 Å². The second-order valence-corrected chi connectivity index (χ2v) is 11.7. The number of likely N-dealkylation sites (tertiary alicyclic amines) is 1. The maximum absolute atomic E-state index is 13.8. The molecule has 3 heterocycles. The van der Waals surface area contributed by atoms with E-state index in [0.29, 0.717) is 24.6 Å². The van der Waals surface area contributed by atoms with E-state index < -0.39 is 17.7 Å². The molecule has 1 fully saturated rings. The summed E-state index contributed by atoms with van der Waals surface area (Å²) in [5.74, 6) is -0.242. The number of carbonyl (C=O) groups is 3. The fourth-order valence-corrected chi connectivity index (χ4v) is 5.39. The van der Waals surface area contributed by atoms with Crippen molar-refractivity contribution in [3.8, 4) is 10.6 Å². The van der Waals surface area contributed by atoms with Crippen LogP contribution in [0, 0.1) is 0 Å². The van der Waals surface area contributed by atoms with Crippen molar-refractivity contribution in [1.82, 2.24) is 20.2 Å². The van der Waals surface area contributed by atoms with Gasteiger partial charge in [-0.15, -0.1) is 0 Å². The molecule has 1 saturated heterocycles. The first kappa shape index (κ1) is 28.2. The van der Waals surface area contributed by atoms with Crippen molar-refractivity contribution in [1.29, 1.82) is 0 Å². The normalized spacial score (nSPS) is 16.3. The summed E-state index contributed by atoms with van der Waals surface area (Å²) in [7, 11) is 0. The maximum atomic E-state index is 13.8. The third-order valence-electron chi connectivity index (χ3n) is 6.23. The Morgan fingerprint density at radius 1 is 1.13 bits per heavy atom. The minimum atomic E-state index is -0.746. The minimum absolute atomic E-state index is 0.0595. The number of nitrogens with one attached hydrogen (secondary N) is 2. The number of ether oxygens (including phenoxy) is 1. The quantitative estimate of drug-likeness (QED) is 0.429. The van der Waals surface area contributed by atoms with Crippen molar-refractivity contribution in [2.24, 2.45) is 0 Å². The molecule has 3 amide bonds. The summed E-state index contributed by atoms with van der Waals surface area (Å²) in [6.07, 6.45) is 3.21. The van der Waals surface area contributed by atoms with Gasteiger partial charge >= 0.3 is 6.09 Å². The molecule has 4 rings (SSSR count). The van der Waals surface area contributed by atoms with E-state index in [-0.39, 0.29) is 17.7 Å². The molecule has 2 atom stereocenters. The number of hydrogen-bond acceptors (Lipinski definition) is 7. The second-order valence-electron chi connectivity index (χ2n) is 10.7. The number of thiazole rings is 1. The zero-order valence-corrected chi connectivity index (χ0v) is 23.6. The maximum Gasteiger partial charge on any atom is 0.408 e. The van der Waals surface area contributed by atoms with Crippen LogP contribution in [0.3, 0.4) is 0 Å². The summed E-state index contributed by atoms with van der Waals surface area (Å²) in [4.78, 5) is 49.6. The van der Waals surface area contributed by atoms with Crippen LogP contribution in [-0.4, -0.2) is 57.5 Å². The molecule has 0 bridgehead atoms. The van der Waals surface area contributed by atoms with Gasteiger partial charge < -0.3 is 20.3 Å². The summed E-state index contributed by atoms with van der Waals surface area (Å²) >= 11 is 1.37. The van der Waals surface area contributed by atoms with Crippen LogP contribution in [0.2, 0.25) is 0 Å². The minimum Gasteiger partial charge on any atom is -0.444 e. The molecular formula is C29H35N5O4S. The third-order valence-corrected chi connectivity index (χ3v) is 7.17. The van der Waals surface area contributed by atoms with Gasteiger partial charge in [-0.05, 0) is 51.3 Å². The zero-order valence-electron chi connectivity index (χ0n) is 22.8. The Hall–Kier alpha value is -3.79. The first-order valence-electron chi connectivity index (χ1n) is 13.1. The Balaban J connectivity index is 1.49. The number of hydrogen-bond donors (Lipinski definition) is 2. The van der Waals surface area contributed by atoms with E-state index in [2.05, 4.69) is 15.6 Å². The Kier molecular flexibility index (Phi) is 8.96. The molecule has 0 unspecified atom stereocenters. The molecule has 39 heavy (non-hydrogen) atoms. The summed E-state index contributed by atoms with van der Waals surface area (Å²) in [5.41, 5.74) is 1.97. The van der Waals surface area contributed by atoms with Crippen LogP contribution in [0.25, 0.3) is 10.6 Å². The van der Waals surface area contributed by atoms with E-state index in [9.17, 15) is 14.4 Å². The molecule has 0 saturated carbocycles. The molecule has 9 nitrogen and oxygen atoms in total. The summed E-state index contributed by atoms with van der Waals surface area (Å²) < 4.78 is 5.45. The molecule has 1 aliphatic heterocycles. The highest BCUT2D eigenvalue weighted by Crippen LogP contribution is 2.31. The van der Waals surface area contributed by atoms with Crippen molar-refractivity contribution in [3.05, 3.63) is 66.0 Å². The lowest BCUT2D eigenvalue weighted by Crippen LogP contribution is -2.52. The van der Waals surface area contributed by atoms with E-state index in [1.807, 2.05) is 53.4 Å². The smallest absolute Gasteiger partial charge is 0.408 e. The van der Waals surface area contributed by atoms with Gasteiger partial charge in [0.25, 0.3) is 0 Å². The van der Waals surface area contributed by atoms with E-state index in [0.717, 1.165) is 34.7 Å². The van der Waals surface area contributed by atoms with E-state index in [1.165, 1.54) is 18.3 Å². The number of benzene rings is 1. The topological polar surface area (TPSA) is 114 Å². The van der Waals surface area contributed by atoms with Crippen LogP contribution in [0.4, 0.5) is 9.93 Å². The summed E-state index contributed by atoms with van der Waals surface area (Å²) in [6, 6.07) is 14.8. The average molecular weight is 550 g/mol. The summed E-state index contributed by atoms with van der Waals surface area (Å²) in [6.45, 7) is 7.96. The van der Waals surface area contributed by atoms with Gasteiger partial charge in [0, 0.05) is 44.2 Å². The number of rotatable bonds is 7. The van der Waals surface area contributed by atoms with Crippen LogP contribution in [0.15, 0.2) is 54.7 Å². The highest BCUT2D eigenvalue weighted by Gasteiger charge is 2.32.